The van der Waals surface area contributed by atoms with Crippen LogP contribution in [0.1, 0.15) is 119 Å². The maximum absolute atomic E-state index is 14.7. The van der Waals surface area contributed by atoms with Crippen molar-refractivity contribution in [1.82, 2.24) is 26.2 Å². The first-order valence-corrected chi connectivity index (χ1v) is 20.2. The quantitative estimate of drug-likeness (QED) is 0.166. The van der Waals surface area contributed by atoms with Crippen LogP contribution < -0.4 is 21.3 Å². The summed E-state index contributed by atoms with van der Waals surface area (Å²) in [6.45, 7) is 16.5. The third-order valence-electron chi connectivity index (χ3n) is 11.7. The highest BCUT2D eigenvalue weighted by molar-refractivity contribution is 7.92. The first kappa shape index (κ1) is 39.8. The van der Waals surface area contributed by atoms with E-state index in [-0.39, 0.29) is 41.9 Å². The molecule has 3 aliphatic carbocycles. The van der Waals surface area contributed by atoms with E-state index in [1.54, 1.807) is 25.7 Å². The molecule has 0 radical (unpaired) electrons. The number of hydrogen-bond acceptors (Lipinski definition) is 7. The average molecular weight is 720 g/mol. The molecule has 1 aliphatic heterocycles. The molecule has 50 heavy (non-hydrogen) atoms. The van der Waals surface area contributed by atoms with E-state index in [1.165, 1.54) is 6.08 Å². The molecule has 0 aromatic heterocycles. The molecule has 282 valence electrons. The summed E-state index contributed by atoms with van der Waals surface area (Å²) >= 11 is 0. The van der Waals surface area contributed by atoms with Crippen molar-refractivity contribution >= 4 is 39.4 Å². The van der Waals surface area contributed by atoms with E-state index in [1.807, 2.05) is 27.7 Å². The molecule has 0 aromatic carbocycles. The van der Waals surface area contributed by atoms with Gasteiger partial charge in [-0.25, -0.2) is 13.2 Å². The van der Waals surface area contributed by atoms with E-state index in [0.29, 0.717) is 25.8 Å². The summed E-state index contributed by atoms with van der Waals surface area (Å²) < 4.78 is 25.7. The molecule has 1 heterocycles. The van der Waals surface area contributed by atoms with Crippen LogP contribution in [0.15, 0.2) is 12.7 Å². The summed E-state index contributed by atoms with van der Waals surface area (Å²) in [5.41, 5.74) is -1.61. The fourth-order valence-electron chi connectivity index (χ4n) is 8.46. The Balaban J connectivity index is 1.59. The predicted molar refractivity (Wildman–Crippen MR) is 193 cm³/mol. The maximum atomic E-state index is 14.7. The number of urea groups is 1. The molecular weight excluding hydrogens is 659 g/mol. The highest BCUT2D eigenvalue weighted by atomic mass is 32.2. The topological polar surface area (TPSA) is 171 Å². The minimum absolute atomic E-state index is 0.101. The first-order valence-electron chi connectivity index (χ1n) is 18.6. The van der Waals surface area contributed by atoms with Crippen molar-refractivity contribution in [1.29, 1.82) is 0 Å². The number of Topliss-reactive ketones (excluding diaryl/α,β-unsaturated/α-hetero) is 1. The molecular formula is C37H61N5O7S. The van der Waals surface area contributed by atoms with Gasteiger partial charge in [-0.1, -0.05) is 59.5 Å². The molecule has 4 fully saturated rings. The van der Waals surface area contributed by atoms with Crippen LogP contribution in [0.5, 0.6) is 0 Å². The van der Waals surface area contributed by atoms with Gasteiger partial charge in [-0.15, -0.1) is 6.58 Å². The Kier molecular flexibility index (Phi) is 11.9. The lowest BCUT2D eigenvalue weighted by molar-refractivity contribution is -0.144. The zero-order chi connectivity index (χ0) is 37.3. The largest absolute Gasteiger partial charge is 0.346 e. The van der Waals surface area contributed by atoms with Crippen LogP contribution in [0.3, 0.4) is 0 Å². The van der Waals surface area contributed by atoms with Gasteiger partial charge in [0, 0.05) is 13.1 Å². The second kappa shape index (κ2) is 14.9. The number of nitrogens with one attached hydrogen (secondary N) is 4. The van der Waals surface area contributed by atoms with Gasteiger partial charge >= 0.3 is 6.03 Å². The number of sulfone groups is 1. The highest BCUT2D eigenvalue weighted by Crippen LogP contribution is 2.66. The summed E-state index contributed by atoms with van der Waals surface area (Å²) in [6.07, 6.45) is 9.72. The highest BCUT2D eigenvalue weighted by Gasteiger charge is 2.64. The fourth-order valence-corrected chi connectivity index (χ4v) is 9.99. The minimum atomic E-state index is -3.56. The standard InChI is InChI=1S/C37H61N5O7S/c1-9-14-26(28(43)31(45)38-21-10-2)39-30(44)27-24-15-18-36(19-20-36)25(24)22-42(27)32(46)29(34(3,4)5)40-33(47)41-37(16-12-11-13-17-37)23-50(48,49)35(6,7)8/h10,24-27,29H,2,9,11-23H2,1,3-8H3,(H,38,45)(H,39,44)(H2,40,41,47)/t24-,25-,26?,27-,29+/m0/s1. The molecule has 5 atom stereocenters. The molecule has 12 nitrogen and oxygen atoms in total. The first-order chi connectivity index (χ1) is 23.2. The van der Waals surface area contributed by atoms with E-state index in [4.69, 9.17) is 0 Å². The van der Waals surface area contributed by atoms with Gasteiger partial charge < -0.3 is 26.2 Å². The van der Waals surface area contributed by atoms with Gasteiger partial charge in [-0.05, 0) is 88.4 Å². The molecule has 3 saturated carbocycles. The SMILES string of the molecule is C=CCNC(=O)C(=O)C(CCC)NC(=O)[C@@H]1[C@H]2CCC3(CC3)[C@H]2CN1C(=O)[C@@H](NC(=O)NC1(CS(=O)(=O)C(C)(C)C)CCCCC1)C(C)(C)C. The maximum Gasteiger partial charge on any atom is 0.315 e. The second-order valence-electron chi connectivity index (χ2n) is 17.4. The van der Waals surface area contributed by atoms with Crippen molar-refractivity contribution in [3.8, 4) is 0 Å². The number of hydrogen-bond donors (Lipinski definition) is 4. The Morgan fingerprint density at radius 3 is 2.12 bits per heavy atom. The molecule has 1 saturated heterocycles. The average Bonchev–Trinajstić information content (AvgIpc) is 3.58. The number of carbonyl (C=O) groups is 5. The smallest absolute Gasteiger partial charge is 0.315 e. The third kappa shape index (κ3) is 8.56. The molecule has 0 aromatic rings. The van der Waals surface area contributed by atoms with Crippen LogP contribution in [-0.4, -0.2) is 90.1 Å². The molecule has 5 amide bonds. The third-order valence-corrected chi connectivity index (χ3v) is 14.5. The molecule has 13 heteroatoms. The Labute approximate surface area is 299 Å². The fraction of sp³-hybridized carbons (Fsp3) is 0.811. The van der Waals surface area contributed by atoms with E-state index >= 15 is 0 Å². The zero-order valence-corrected chi connectivity index (χ0v) is 32.1. The lowest BCUT2D eigenvalue weighted by atomic mass is 9.83. The number of ketones is 1. The Hall–Kier alpha value is -2.96. The van der Waals surface area contributed by atoms with Gasteiger partial charge in [0.25, 0.3) is 5.91 Å². The van der Waals surface area contributed by atoms with Crippen molar-refractivity contribution in [3.05, 3.63) is 12.7 Å². The van der Waals surface area contributed by atoms with E-state index in [9.17, 15) is 32.4 Å². The molecule has 0 bridgehead atoms. The van der Waals surface area contributed by atoms with Crippen LogP contribution >= 0.6 is 0 Å². The lowest BCUT2D eigenvalue weighted by Gasteiger charge is -2.41. The lowest BCUT2D eigenvalue weighted by Crippen LogP contribution is -2.64. The van der Waals surface area contributed by atoms with Crippen LogP contribution in [0.25, 0.3) is 0 Å². The summed E-state index contributed by atoms with van der Waals surface area (Å²) in [7, 11) is -3.56. The number of carbonyl (C=O) groups excluding carboxylic acids is 5. The molecule has 4 rings (SSSR count). The van der Waals surface area contributed by atoms with Gasteiger partial charge in [-0.3, -0.25) is 19.2 Å². The Morgan fingerprint density at radius 1 is 0.940 bits per heavy atom. The molecule has 1 spiro atoms. The van der Waals surface area contributed by atoms with Crippen LogP contribution in [-0.2, 0) is 29.0 Å². The zero-order valence-electron chi connectivity index (χ0n) is 31.3. The summed E-state index contributed by atoms with van der Waals surface area (Å²) in [5, 5.41) is 11.3. The summed E-state index contributed by atoms with van der Waals surface area (Å²) in [4.78, 5) is 70.0. The van der Waals surface area contributed by atoms with Crippen molar-refractivity contribution in [2.24, 2.45) is 22.7 Å². The molecule has 4 aliphatic rings. The Morgan fingerprint density at radius 2 is 1.58 bits per heavy atom. The molecule has 1 unspecified atom stereocenters. The minimum Gasteiger partial charge on any atom is -0.346 e. The van der Waals surface area contributed by atoms with Crippen molar-refractivity contribution in [2.75, 3.05) is 18.8 Å². The van der Waals surface area contributed by atoms with Crippen molar-refractivity contribution in [3.63, 3.8) is 0 Å². The van der Waals surface area contributed by atoms with E-state index < -0.39 is 67.3 Å². The van der Waals surface area contributed by atoms with Crippen molar-refractivity contribution in [2.45, 2.75) is 148 Å². The predicted octanol–water partition coefficient (Wildman–Crippen LogP) is 3.79. The number of fused-ring (bicyclic) bond motifs is 2. The monoisotopic (exact) mass is 719 g/mol. The van der Waals surface area contributed by atoms with E-state index in [2.05, 4.69) is 27.8 Å². The van der Waals surface area contributed by atoms with Crippen molar-refractivity contribution < 1.29 is 32.4 Å². The Bertz CT molecular complexity index is 1440. The van der Waals surface area contributed by atoms with Gasteiger partial charge in [0.2, 0.25) is 17.6 Å². The van der Waals surface area contributed by atoms with Crippen LogP contribution in [0.4, 0.5) is 4.79 Å². The second-order valence-corrected chi connectivity index (χ2v) is 20.2. The molecule has 4 N–H and O–H groups in total. The van der Waals surface area contributed by atoms with Crippen LogP contribution in [0, 0.1) is 22.7 Å². The number of nitrogens with zero attached hydrogens (tertiary/aromatic N) is 1. The number of likely N-dealkylation sites (tertiary alicyclic amines) is 1. The van der Waals surface area contributed by atoms with Gasteiger partial charge in [0.05, 0.1) is 22.1 Å². The van der Waals surface area contributed by atoms with Gasteiger partial charge in [-0.2, -0.15) is 0 Å². The normalized spacial score (nSPS) is 25.2. The van der Waals surface area contributed by atoms with Crippen LogP contribution in [0.2, 0.25) is 0 Å². The van der Waals surface area contributed by atoms with Gasteiger partial charge in [0.1, 0.15) is 12.1 Å². The van der Waals surface area contributed by atoms with E-state index in [0.717, 1.165) is 44.9 Å². The number of rotatable bonds is 13. The summed E-state index contributed by atoms with van der Waals surface area (Å²) in [5.74, 6) is -2.55. The number of amides is 5. The summed E-state index contributed by atoms with van der Waals surface area (Å²) in [6, 6.07) is -3.53. The van der Waals surface area contributed by atoms with Gasteiger partial charge in [0.15, 0.2) is 9.84 Å².